The Bertz CT molecular complexity index is 473. The first-order valence-corrected chi connectivity index (χ1v) is 5.43. The Hall–Kier alpha value is -1.48. The molecule has 0 aliphatic heterocycles. The standard InChI is InChI=1S/C13H16O3/c1-9(5-6-14)13-8-10-7-11(15-2)3-4-12(10)16-13/h3-4,7-9,14H,5-6H2,1-2H3/t9-/m1/s1. The molecule has 86 valence electrons. The molecular formula is C13H16O3. The second-order valence-corrected chi connectivity index (χ2v) is 3.97. The molecule has 0 saturated heterocycles. The Kier molecular flexibility index (Phi) is 3.15. The van der Waals surface area contributed by atoms with Crippen LogP contribution in [-0.2, 0) is 0 Å². The van der Waals surface area contributed by atoms with Crippen LogP contribution in [0.5, 0.6) is 5.75 Å². The number of aliphatic hydroxyl groups excluding tert-OH is 1. The molecule has 0 bridgehead atoms. The number of hydrogen-bond donors (Lipinski definition) is 1. The van der Waals surface area contributed by atoms with Crippen LogP contribution in [0, 0.1) is 0 Å². The Balaban J connectivity index is 2.35. The van der Waals surface area contributed by atoms with Gasteiger partial charge in [-0.25, -0.2) is 0 Å². The van der Waals surface area contributed by atoms with Crippen LogP contribution in [0.2, 0.25) is 0 Å². The maximum Gasteiger partial charge on any atom is 0.134 e. The predicted octanol–water partition coefficient (Wildman–Crippen LogP) is 2.93. The van der Waals surface area contributed by atoms with E-state index in [1.807, 2.05) is 31.2 Å². The van der Waals surface area contributed by atoms with Crippen molar-refractivity contribution in [2.24, 2.45) is 0 Å². The van der Waals surface area contributed by atoms with Crippen molar-refractivity contribution < 1.29 is 14.3 Å². The predicted molar refractivity (Wildman–Crippen MR) is 62.9 cm³/mol. The number of fused-ring (bicyclic) bond motifs is 1. The smallest absolute Gasteiger partial charge is 0.134 e. The van der Waals surface area contributed by atoms with Gasteiger partial charge in [0.2, 0.25) is 0 Å². The Morgan fingerprint density at radius 2 is 2.19 bits per heavy atom. The summed E-state index contributed by atoms with van der Waals surface area (Å²) in [5.74, 6) is 1.98. The van der Waals surface area contributed by atoms with E-state index in [0.29, 0.717) is 0 Å². The minimum Gasteiger partial charge on any atom is -0.497 e. The summed E-state index contributed by atoms with van der Waals surface area (Å²) in [7, 11) is 1.65. The van der Waals surface area contributed by atoms with E-state index < -0.39 is 0 Å². The third-order valence-electron chi connectivity index (χ3n) is 2.79. The van der Waals surface area contributed by atoms with Gasteiger partial charge in [-0.15, -0.1) is 0 Å². The highest BCUT2D eigenvalue weighted by Gasteiger charge is 2.11. The van der Waals surface area contributed by atoms with Crippen LogP contribution in [0.25, 0.3) is 11.0 Å². The second-order valence-electron chi connectivity index (χ2n) is 3.97. The summed E-state index contributed by atoms with van der Waals surface area (Å²) in [6.45, 7) is 2.23. The van der Waals surface area contributed by atoms with E-state index in [9.17, 15) is 0 Å². The summed E-state index contributed by atoms with van der Waals surface area (Å²) in [5, 5.41) is 9.93. The first-order chi connectivity index (χ1) is 7.74. The fourth-order valence-electron chi connectivity index (χ4n) is 1.75. The zero-order valence-corrected chi connectivity index (χ0v) is 9.56. The van der Waals surface area contributed by atoms with Gasteiger partial charge in [0.25, 0.3) is 0 Å². The van der Waals surface area contributed by atoms with Gasteiger partial charge >= 0.3 is 0 Å². The number of aliphatic hydroxyl groups is 1. The number of hydrogen-bond acceptors (Lipinski definition) is 3. The maximum absolute atomic E-state index is 8.89. The largest absolute Gasteiger partial charge is 0.497 e. The number of ether oxygens (including phenoxy) is 1. The number of rotatable bonds is 4. The average molecular weight is 220 g/mol. The van der Waals surface area contributed by atoms with E-state index in [1.165, 1.54) is 0 Å². The van der Waals surface area contributed by atoms with Crippen molar-refractivity contribution in [3.8, 4) is 5.75 Å². The van der Waals surface area contributed by atoms with Gasteiger partial charge in [0.15, 0.2) is 0 Å². The van der Waals surface area contributed by atoms with Crippen LogP contribution in [0.15, 0.2) is 28.7 Å². The molecule has 3 heteroatoms. The Morgan fingerprint density at radius 3 is 2.88 bits per heavy atom. The molecule has 16 heavy (non-hydrogen) atoms. The van der Waals surface area contributed by atoms with E-state index in [1.54, 1.807) is 7.11 Å². The van der Waals surface area contributed by atoms with E-state index in [2.05, 4.69) is 0 Å². The molecule has 0 amide bonds. The highest BCUT2D eigenvalue weighted by molar-refractivity contribution is 5.79. The van der Waals surface area contributed by atoms with Crippen LogP contribution >= 0.6 is 0 Å². The quantitative estimate of drug-likeness (QED) is 0.861. The highest BCUT2D eigenvalue weighted by atomic mass is 16.5. The van der Waals surface area contributed by atoms with Gasteiger partial charge in [0.05, 0.1) is 7.11 Å². The summed E-state index contributed by atoms with van der Waals surface area (Å²) < 4.78 is 10.9. The zero-order chi connectivity index (χ0) is 11.5. The highest BCUT2D eigenvalue weighted by Crippen LogP contribution is 2.29. The molecule has 0 spiro atoms. The van der Waals surface area contributed by atoms with Crippen molar-refractivity contribution in [2.75, 3.05) is 13.7 Å². The molecule has 1 aromatic heterocycles. The van der Waals surface area contributed by atoms with Gasteiger partial charge in [-0.05, 0) is 30.7 Å². The van der Waals surface area contributed by atoms with Crippen molar-refractivity contribution >= 4 is 11.0 Å². The normalized spacial score (nSPS) is 12.9. The van der Waals surface area contributed by atoms with Crippen molar-refractivity contribution in [2.45, 2.75) is 19.3 Å². The molecule has 0 unspecified atom stereocenters. The third kappa shape index (κ3) is 2.04. The van der Waals surface area contributed by atoms with Gasteiger partial charge in [0.1, 0.15) is 17.1 Å². The second kappa shape index (κ2) is 4.58. The summed E-state index contributed by atoms with van der Waals surface area (Å²) in [4.78, 5) is 0. The van der Waals surface area contributed by atoms with Crippen LogP contribution in [-0.4, -0.2) is 18.8 Å². The van der Waals surface area contributed by atoms with Gasteiger partial charge in [0, 0.05) is 17.9 Å². The van der Waals surface area contributed by atoms with Gasteiger partial charge in [-0.1, -0.05) is 6.92 Å². The molecule has 1 N–H and O–H groups in total. The van der Waals surface area contributed by atoms with Crippen molar-refractivity contribution in [1.82, 2.24) is 0 Å². The van der Waals surface area contributed by atoms with Gasteiger partial charge < -0.3 is 14.3 Å². The fraction of sp³-hybridized carbons (Fsp3) is 0.385. The summed E-state index contributed by atoms with van der Waals surface area (Å²) in [5.41, 5.74) is 0.862. The lowest BCUT2D eigenvalue weighted by molar-refractivity contribution is 0.272. The molecule has 0 saturated carbocycles. The number of benzene rings is 1. The molecule has 0 fully saturated rings. The molecule has 1 heterocycles. The minimum atomic E-state index is 0.182. The molecule has 0 radical (unpaired) electrons. The monoisotopic (exact) mass is 220 g/mol. The van der Waals surface area contributed by atoms with E-state index in [-0.39, 0.29) is 12.5 Å². The topological polar surface area (TPSA) is 42.6 Å². The fourth-order valence-corrected chi connectivity index (χ4v) is 1.75. The summed E-state index contributed by atoms with van der Waals surface area (Å²) in [6, 6.07) is 7.75. The number of methoxy groups -OCH3 is 1. The molecule has 1 atom stereocenters. The molecule has 3 nitrogen and oxygen atoms in total. The Labute approximate surface area is 94.6 Å². The van der Waals surface area contributed by atoms with Crippen LogP contribution in [0.4, 0.5) is 0 Å². The summed E-state index contributed by atoms with van der Waals surface area (Å²) >= 11 is 0. The van der Waals surface area contributed by atoms with Crippen molar-refractivity contribution in [3.63, 3.8) is 0 Å². The third-order valence-corrected chi connectivity index (χ3v) is 2.79. The first-order valence-electron chi connectivity index (χ1n) is 5.43. The van der Waals surface area contributed by atoms with Gasteiger partial charge in [-0.3, -0.25) is 0 Å². The van der Waals surface area contributed by atoms with E-state index in [0.717, 1.165) is 28.9 Å². The van der Waals surface area contributed by atoms with Crippen molar-refractivity contribution in [3.05, 3.63) is 30.0 Å². The lowest BCUT2D eigenvalue weighted by atomic mass is 10.1. The van der Waals surface area contributed by atoms with E-state index in [4.69, 9.17) is 14.3 Å². The summed E-state index contributed by atoms with van der Waals surface area (Å²) in [6.07, 6.45) is 0.719. The lowest BCUT2D eigenvalue weighted by Gasteiger charge is -2.03. The number of furan rings is 1. The first kappa shape index (κ1) is 11.0. The molecule has 0 aliphatic carbocycles. The van der Waals surface area contributed by atoms with E-state index >= 15 is 0 Å². The molecular weight excluding hydrogens is 204 g/mol. The maximum atomic E-state index is 8.89. The van der Waals surface area contributed by atoms with Crippen LogP contribution < -0.4 is 4.74 Å². The van der Waals surface area contributed by atoms with Crippen LogP contribution in [0.3, 0.4) is 0 Å². The SMILES string of the molecule is COc1ccc2oc([C@H](C)CCO)cc2c1. The average Bonchev–Trinajstić information content (AvgIpc) is 2.71. The van der Waals surface area contributed by atoms with Gasteiger partial charge in [-0.2, -0.15) is 0 Å². The van der Waals surface area contributed by atoms with Crippen molar-refractivity contribution in [1.29, 1.82) is 0 Å². The molecule has 1 aromatic carbocycles. The van der Waals surface area contributed by atoms with Crippen LogP contribution in [0.1, 0.15) is 25.0 Å². The molecule has 2 aromatic rings. The Morgan fingerprint density at radius 1 is 1.38 bits per heavy atom. The lowest BCUT2D eigenvalue weighted by Crippen LogP contribution is -1.94. The molecule has 0 aliphatic rings. The zero-order valence-electron chi connectivity index (χ0n) is 9.56. The molecule has 2 rings (SSSR count). The minimum absolute atomic E-state index is 0.182.